The lowest BCUT2D eigenvalue weighted by molar-refractivity contribution is -0.346. The van der Waals surface area contributed by atoms with Crippen LogP contribution in [0.25, 0.3) is 0 Å². The van der Waals surface area contributed by atoms with Crippen LogP contribution in [-0.4, -0.2) is 119 Å². The van der Waals surface area contributed by atoms with E-state index in [2.05, 4.69) is 17.9 Å². The molecular formula is C50H55NO16S. The number of benzene rings is 3. The van der Waals surface area contributed by atoms with E-state index in [1.54, 1.807) is 92.7 Å². The Morgan fingerprint density at radius 1 is 0.853 bits per heavy atom. The van der Waals surface area contributed by atoms with Crippen molar-refractivity contribution in [2.75, 3.05) is 19.0 Å². The second-order valence-electron chi connectivity index (χ2n) is 18.3. The maximum atomic E-state index is 15.7. The van der Waals surface area contributed by atoms with Crippen molar-refractivity contribution < 1.29 is 76.9 Å². The van der Waals surface area contributed by atoms with Crippen LogP contribution in [0, 0.1) is 16.7 Å². The van der Waals surface area contributed by atoms with Crippen LogP contribution in [0.3, 0.4) is 0 Å². The normalized spacial score (nSPS) is 29.9. The number of carbonyl (C=O) groups is 7. The molecule has 3 N–H and O–H groups in total. The van der Waals surface area contributed by atoms with Gasteiger partial charge in [0.1, 0.15) is 36.6 Å². The zero-order valence-corrected chi connectivity index (χ0v) is 39.3. The van der Waals surface area contributed by atoms with E-state index in [9.17, 15) is 34.2 Å². The SMILES string of the molecule is CC(=O)O[C@H]1C(=O)[C@@]2(C)[C@H]([C@H](OC(=O)c3ccccc3)[C@]3(O)C[C@H](OC(=O)[C@H](OC(=O)OCCS)[C@@H](NC(=O)c4ccccc4)c4ccccc4)C(C)=C1C3(C)C)[C@]1(OC(C)=O)CO[C@@H]1C[C@@H]2O. The van der Waals surface area contributed by atoms with Crippen LogP contribution in [0.5, 0.6) is 0 Å². The topological polar surface area (TPSA) is 237 Å². The average Bonchev–Trinajstić information content (AvgIpc) is 3.30. The van der Waals surface area contributed by atoms with Crippen LogP contribution in [0.1, 0.15) is 86.7 Å². The first-order valence-electron chi connectivity index (χ1n) is 22.2. The third kappa shape index (κ3) is 8.90. The number of thiol groups is 1. The summed E-state index contributed by atoms with van der Waals surface area (Å²) in [5, 5.41) is 28.8. The molecule has 7 rings (SSSR count). The van der Waals surface area contributed by atoms with Gasteiger partial charge in [0.2, 0.25) is 6.10 Å². The molecule has 1 aliphatic heterocycles. The van der Waals surface area contributed by atoms with Crippen LogP contribution in [0.4, 0.5) is 4.79 Å². The van der Waals surface area contributed by atoms with Crippen LogP contribution < -0.4 is 5.32 Å². The van der Waals surface area contributed by atoms with Gasteiger partial charge in [0.05, 0.1) is 29.6 Å². The summed E-state index contributed by atoms with van der Waals surface area (Å²) in [4.78, 5) is 98.4. The molecule has 1 amide bonds. The number of aliphatic hydroxyl groups excluding tert-OH is 1. The van der Waals surface area contributed by atoms with Gasteiger partial charge in [0.15, 0.2) is 17.5 Å². The van der Waals surface area contributed by atoms with E-state index in [1.807, 2.05) is 0 Å². The third-order valence-electron chi connectivity index (χ3n) is 14.0. The zero-order chi connectivity index (χ0) is 49.3. The summed E-state index contributed by atoms with van der Waals surface area (Å²) in [7, 11) is 0. The van der Waals surface area contributed by atoms with Crippen LogP contribution in [0.15, 0.2) is 102 Å². The minimum Gasteiger partial charge on any atom is -0.455 e. The van der Waals surface area contributed by atoms with Crippen molar-refractivity contribution in [1.82, 2.24) is 5.32 Å². The monoisotopic (exact) mass is 957 g/mol. The molecule has 3 aromatic carbocycles. The van der Waals surface area contributed by atoms with Gasteiger partial charge in [-0.3, -0.25) is 19.2 Å². The molecule has 0 unspecified atom stereocenters. The van der Waals surface area contributed by atoms with E-state index < -0.39 is 119 Å². The Morgan fingerprint density at radius 2 is 1.46 bits per heavy atom. The highest BCUT2D eigenvalue weighted by Gasteiger charge is 2.78. The molecule has 2 bridgehead atoms. The molecule has 68 heavy (non-hydrogen) atoms. The van der Waals surface area contributed by atoms with E-state index >= 15 is 9.59 Å². The highest BCUT2D eigenvalue weighted by atomic mass is 32.1. The van der Waals surface area contributed by atoms with Gasteiger partial charge in [-0.25, -0.2) is 14.4 Å². The molecule has 17 nitrogen and oxygen atoms in total. The largest absolute Gasteiger partial charge is 0.509 e. The van der Waals surface area contributed by atoms with Crippen LogP contribution in [-0.2, 0) is 52.3 Å². The number of carbonyl (C=O) groups excluding carboxylic acids is 7. The van der Waals surface area contributed by atoms with E-state index in [0.29, 0.717) is 5.56 Å². The zero-order valence-electron chi connectivity index (χ0n) is 38.4. The fraction of sp³-hybridized carbons (Fsp3) is 0.460. The molecule has 1 saturated heterocycles. The minimum absolute atomic E-state index is 0.0427. The molecule has 0 radical (unpaired) electrons. The fourth-order valence-electron chi connectivity index (χ4n) is 10.6. The Balaban J connectivity index is 1.42. The summed E-state index contributed by atoms with van der Waals surface area (Å²) >= 11 is 4.09. The Labute approximate surface area is 398 Å². The summed E-state index contributed by atoms with van der Waals surface area (Å²) in [5.41, 5.74) is -7.47. The van der Waals surface area contributed by atoms with Gasteiger partial charge in [0.25, 0.3) is 5.91 Å². The van der Waals surface area contributed by atoms with Gasteiger partial charge in [0, 0.05) is 43.4 Å². The molecule has 2 saturated carbocycles. The predicted molar refractivity (Wildman–Crippen MR) is 242 cm³/mol. The summed E-state index contributed by atoms with van der Waals surface area (Å²) in [6, 6.07) is 22.6. The highest BCUT2D eigenvalue weighted by molar-refractivity contribution is 7.80. The molecule has 3 fully saturated rings. The number of amides is 1. The molecule has 1 heterocycles. The van der Waals surface area contributed by atoms with Gasteiger partial charge in [-0.15, -0.1) is 0 Å². The lowest BCUT2D eigenvalue weighted by Gasteiger charge is -2.67. The van der Waals surface area contributed by atoms with Crippen molar-refractivity contribution >= 4 is 54.4 Å². The van der Waals surface area contributed by atoms with Crippen molar-refractivity contribution in [3.05, 3.63) is 119 Å². The number of fused-ring (bicyclic) bond motifs is 5. The predicted octanol–water partition coefficient (Wildman–Crippen LogP) is 4.83. The highest BCUT2D eigenvalue weighted by Crippen LogP contribution is 2.64. The first-order chi connectivity index (χ1) is 32.2. The molecule has 3 aliphatic carbocycles. The number of hydrogen-bond acceptors (Lipinski definition) is 17. The van der Waals surface area contributed by atoms with Crippen LogP contribution in [0.2, 0.25) is 0 Å². The van der Waals surface area contributed by atoms with Gasteiger partial charge in [-0.2, -0.15) is 12.6 Å². The molecule has 4 aliphatic rings. The Hall–Kier alpha value is -6.08. The molecular weight excluding hydrogens is 903 g/mol. The van der Waals surface area contributed by atoms with Gasteiger partial charge in [-0.1, -0.05) is 80.6 Å². The van der Waals surface area contributed by atoms with Crippen molar-refractivity contribution in [2.24, 2.45) is 16.7 Å². The molecule has 0 aromatic heterocycles. The number of Topliss-reactive ketones (excluding diaryl/α,β-unsaturated/α-hetero) is 1. The van der Waals surface area contributed by atoms with E-state index in [4.69, 9.17) is 33.2 Å². The van der Waals surface area contributed by atoms with E-state index in [-0.39, 0.29) is 47.7 Å². The number of aliphatic hydroxyl groups is 2. The van der Waals surface area contributed by atoms with Crippen molar-refractivity contribution in [3.8, 4) is 0 Å². The summed E-state index contributed by atoms with van der Waals surface area (Å²) < 4.78 is 41.5. The number of esters is 4. The lowest BCUT2D eigenvalue weighted by Crippen LogP contribution is -2.82. The van der Waals surface area contributed by atoms with Gasteiger partial charge < -0.3 is 48.7 Å². The molecule has 11 atom stereocenters. The smallest absolute Gasteiger partial charge is 0.455 e. The quantitative estimate of drug-likeness (QED) is 0.0777. The number of ketones is 1. The first kappa shape index (κ1) is 49.8. The van der Waals surface area contributed by atoms with Crippen molar-refractivity contribution in [1.29, 1.82) is 0 Å². The lowest BCUT2D eigenvalue weighted by atomic mass is 9.44. The van der Waals surface area contributed by atoms with Crippen molar-refractivity contribution in [2.45, 2.75) is 108 Å². The number of rotatable bonds is 13. The summed E-state index contributed by atoms with van der Waals surface area (Å²) in [5.74, 6) is -6.99. The minimum atomic E-state index is -2.46. The van der Waals surface area contributed by atoms with Gasteiger partial charge in [-0.05, 0) is 54.8 Å². The summed E-state index contributed by atoms with van der Waals surface area (Å²) in [6.45, 7) is 7.63. The number of ether oxygens (including phenoxy) is 7. The molecule has 0 spiro atoms. The second kappa shape index (κ2) is 19.5. The van der Waals surface area contributed by atoms with Crippen molar-refractivity contribution in [3.63, 3.8) is 0 Å². The fourth-order valence-corrected chi connectivity index (χ4v) is 10.6. The maximum absolute atomic E-state index is 15.7. The van der Waals surface area contributed by atoms with Crippen LogP contribution >= 0.6 is 12.6 Å². The van der Waals surface area contributed by atoms with E-state index in [0.717, 1.165) is 13.8 Å². The summed E-state index contributed by atoms with van der Waals surface area (Å²) in [6.07, 6.45) is -12.1. The average molecular weight is 958 g/mol. The Morgan fingerprint density at radius 3 is 2.01 bits per heavy atom. The number of nitrogens with one attached hydrogen (secondary N) is 1. The van der Waals surface area contributed by atoms with Gasteiger partial charge >= 0.3 is 30.0 Å². The first-order valence-corrected chi connectivity index (χ1v) is 22.8. The third-order valence-corrected chi connectivity index (χ3v) is 14.2. The Bertz CT molecular complexity index is 2470. The maximum Gasteiger partial charge on any atom is 0.509 e. The second-order valence-corrected chi connectivity index (χ2v) is 18.7. The number of hydrogen-bond donors (Lipinski definition) is 4. The Kier molecular flexibility index (Phi) is 14.3. The standard InChI is InChI=1S/C50H55NO16S/c1-27-33(64-45(58)39(65-46(59)61-22-23-68)37(30-16-10-7-11-17-30)51-43(56)31-18-12-8-13-19-31)25-50(60)42(66-44(57)32-20-14-9-15-21-32)40-48(6,34(54)24-35-49(40,26-62-35)67-29(3)53)41(55)38(63-28(2)52)36(27)47(50,4)5/h7-21,33-35,37-40,42,54,60,68H,22-26H2,1-6H3,(H,51,56)/t33-,34-,35+,37-,38+,39+,40-,42-,48+,49-,50+/m0/s1. The van der Waals surface area contributed by atoms with E-state index in [1.165, 1.54) is 26.0 Å². The molecule has 3 aromatic rings. The molecule has 362 valence electrons. The molecule has 18 heteroatoms.